The SMILES string of the molecule is C[C@H]1O[C@@H](O[C@H]2[C@H](OCc3ccccc3)[C@@H](OCc3ccccc3)[C@@H](O[C@@H]3[C@H]4CON(C(=O)OCc5ccccc5)[C@H]4[C@H](F)[C@H]3OCc3ccccc3)O[C@@H]2COCc2ccccc2)[C@H](OCc2ccccc2)[C@@H](OCc2ccccc2)[C@@H]1OCc1ccccc1. The molecule has 4 aliphatic rings. The molecular weight excluding hydrogens is 1160 g/mol. The van der Waals surface area contributed by atoms with Crippen LogP contribution in [0.2, 0.25) is 0 Å². The van der Waals surface area contributed by atoms with Crippen LogP contribution in [0.15, 0.2) is 243 Å². The zero-order valence-electron chi connectivity index (χ0n) is 50.9. The van der Waals surface area contributed by atoms with Gasteiger partial charge in [-0.15, -0.1) is 0 Å². The van der Waals surface area contributed by atoms with Crippen LogP contribution in [0.5, 0.6) is 0 Å². The summed E-state index contributed by atoms with van der Waals surface area (Å²) < 4.78 is 102. The Morgan fingerprint density at radius 1 is 0.396 bits per heavy atom. The third-order valence-electron chi connectivity index (χ3n) is 16.9. The molecule has 0 radical (unpaired) electrons. The molecule has 474 valence electrons. The summed E-state index contributed by atoms with van der Waals surface area (Å²) in [6.45, 7) is 2.89. The molecule has 8 aromatic carbocycles. The van der Waals surface area contributed by atoms with E-state index in [4.69, 9.17) is 61.7 Å². The van der Waals surface area contributed by atoms with Crippen LogP contribution in [0.1, 0.15) is 51.4 Å². The number of fused-ring (bicyclic) bond motifs is 1. The monoisotopic (exact) mass is 1240 g/mol. The molecule has 3 aliphatic heterocycles. The lowest BCUT2D eigenvalue weighted by Gasteiger charge is -2.50. The lowest BCUT2D eigenvalue weighted by Crippen LogP contribution is -2.66. The average molecular weight is 1240 g/mol. The number of halogens is 1. The number of rotatable bonds is 28. The van der Waals surface area contributed by atoms with Crippen molar-refractivity contribution in [2.24, 2.45) is 5.92 Å². The van der Waals surface area contributed by atoms with Crippen molar-refractivity contribution in [3.8, 4) is 0 Å². The van der Waals surface area contributed by atoms with Crippen molar-refractivity contribution in [2.75, 3.05) is 13.2 Å². The van der Waals surface area contributed by atoms with Crippen LogP contribution < -0.4 is 0 Å². The van der Waals surface area contributed by atoms with E-state index in [2.05, 4.69) is 0 Å². The summed E-state index contributed by atoms with van der Waals surface area (Å²) in [5.74, 6) is -0.770. The number of alkyl halides is 1. The van der Waals surface area contributed by atoms with Crippen molar-refractivity contribution in [3.63, 3.8) is 0 Å². The number of nitrogens with zero attached hydrogens (tertiary/aromatic N) is 1. The van der Waals surface area contributed by atoms with Gasteiger partial charge in [-0.1, -0.05) is 243 Å². The Morgan fingerprint density at radius 3 is 1.14 bits per heavy atom. The number of ether oxygens (including phenoxy) is 12. The fourth-order valence-electron chi connectivity index (χ4n) is 12.2. The second-order valence-corrected chi connectivity index (χ2v) is 23.3. The highest BCUT2D eigenvalue weighted by Gasteiger charge is 2.63. The predicted molar refractivity (Wildman–Crippen MR) is 336 cm³/mol. The zero-order valence-corrected chi connectivity index (χ0v) is 50.9. The molecule has 91 heavy (non-hydrogen) atoms. The first-order valence-electron chi connectivity index (χ1n) is 31.3. The summed E-state index contributed by atoms with van der Waals surface area (Å²) in [5, 5.41) is 0.997. The molecule has 3 saturated heterocycles. The molecule has 3 heterocycles. The largest absolute Gasteiger partial charge is 0.443 e. The molecule has 16 heteroatoms. The molecule has 12 rings (SSSR count). The third kappa shape index (κ3) is 16.8. The maximum absolute atomic E-state index is 17.9. The number of hydrogen-bond acceptors (Lipinski definition) is 14. The van der Waals surface area contributed by atoms with Gasteiger partial charge in [0, 0.05) is 5.92 Å². The van der Waals surface area contributed by atoms with Gasteiger partial charge in [-0.05, 0) is 51.4 Å². The van der Waals surface area contributed by atoms with Gasteiger partial charge >= 0.3 is 6.09 Å². The number of benzene rings is 8. The van der Waals surface area contributed by atoms with Crippen molar-refractivity contribution < 1.29 is 70.9 Å². The van der Waals surface area contributed by atoms with Gasteiger partial charge in [-0.3, -0.25) is 4.84 Å². The summed E-state index contributed by atoms with van der Waals surface area (Å²) in [5.41, 5.74) is 7.10. The normalized spacial score (nSPS) is 27.1. The Bertz CT molecular complexity index is 3390. The van der Waals surface area contributed by atoms with Gasteiger partial charge in [0.2, 0.25) is 0 Å². The van der Waals surface area contributed by atoms with E-state index in [1.165, 1.54) is 0 Å². The smallest absolute Gasteiger partial charge is 0.434 e. The van der Waals surface area contributed by atoms with Gasteiger partial charge in [0.1, 0.15) is 61.5 Å². The third-order valence-corrected chi connectivity index (χ3v) is 16.9. The van der Waals surface area contributed by atoms with Crippen molar-refractivity contribution >= 4 is 6.09 Å². The molecule has 15 nitrogen and oxygen atoms in total. The Hall–Kier alpha value is -7.52. The molecule has 0 N–H and O–H groups in total. The maximum atomic E-state index is 17.9. The lowest BCUT2D eigenvalue weighted by atomic mass is 9.95. The molecular formula is C75H78FNO14. The van der Waals surface area contributed by atoms with Crippen LogP contribution in [0.4, 0.5) is 9.18 Å². The van der Waals surface area contributed by atoms with Crippen molar-refractivity contribution in [3.05, 3.63) is 287 Å². The number of hydroxylamine groups is 2. The Morgan fingerprint density at radius 2 is 0.725 bits per heavy atom. The molecule has 1 aliphatic carbocycles. The summed E-state index contributed by atoms with van der Waals surface area (Å²) >= 11 is 0. The first kappa shape index (κ1) is 63.6. The molecule has 0 aromatic heterocycles. The second-order valence-electron chi connectivity index (χ2n) is 23.3. The fraction of sp³-hybridized carbons (Fsp3) is 0.347. The van der Waals surface area contributed by atoms with Crippen molar-refractivity contribution in [1.82, 2.24) is 5.06 Å². The summed E-state index contributed by atoms with van der Waals surface area (Å²) in [4.78, 5) is 20.1. The molecule has 0 bridgehead atoms. The number of carbonyl (C=O) groups is 1. The van der Waals surface area contributed by atoms with Crippen LogP contribution >= 0.6 is 0 Å². The van der Waals surface area contributed by atoms with E-state index in [1.807, 2.05) is 250 Å². The molecule has 1 saturated carbocycles. The zero-order chi connectivity index (χ0) is 62.0. The minimum Gasteiger partial charge on any atom is -0.443 e. The van der Waals surface area contributed by atoms with Gasteiger partial charge < -0.3 is 56.8 Å². The minimum absolute atomic E-state index is 0.0419. The molecule has 4 fully saturated rings. The average Bonchev–Trinajstić information content (AvgIpc) is 1.71. The maximum Gasteiger partial charge on any atom is 0.434 e. The van der Waals surface area contributed by atoms with Gasteiger partial charge in [-0.2, -0.15) is 5.06 Å². The van der Waals surface area contributed by atoms with Crippen LogP contribution in [0, 0.1) is 5.92 Å². The molecule has 0 unspecified atom stereocenters. The van der Waals surface area contributed by atoms with E-state index in [-0.39, 0.29) is 66.1 Å². The first-order valence-corrected chi connectivity index (χ1v) is 31.3. The van der Waals surface area contributed by atoms with Crippen LogP contribution in [-0.4, -0.2) is 110 Å². The van der Waals surface area contributed by atoms with Crippen LogP contribution in [-0.2, 0) is 115 Å². The summed E-state index contributed by atoms with van der Waals surface area (Å²) in [6, 6.07) is 76.9. The number of carbonyl (C=O) groups excluding carboxylic acids is 1. The Labute approximate surface area is 531 Å². The van der Waals surface area contributed by atoms with E-state index in [0.29, 0.717) is 0 Å². The van der Waals surface area contributed by atoms with Crippen molar-refractivity contribution in [1.29, 1.82) is 0 Å². The van der Waals surface area contributed by atoms with E-state index >= 15 is 4.39 Å². The Balaban J connectivity index is 0.926. The predicted octanol–water partition coefficient (Wildman–Crippen LogP) is 12.9. The molecule has 1 amide bonds. The van der Waals surface area contributed by atoms with Crippen LogP contribution in [0.3, 0.4) is 0 Å². The van der Waals surface area contributed by atoms with Crippen molar-refractivity contribution in [2.45, 2.75) is 146 Å². The number of amides is 1. The van der Waals surface area contributed by atoms with E-state index in [1.54, 1.807) is 0 Å². The van der Waals surface area contributed by atoms with Gasteiger partial charge in [0.25, 0.3) is 0 Å². The van der Waals surface area contributed by atoms with E-state index < -0.39 is 97.8 Å². The van der Waals surface area contributed by atoms with Gasteiger partial charge in [0.15, 0.2) is 18.8 Å². The standard InChI is InChI=1S/C75H78FNO14/c1-52-65(80-43-54-28-12-3-13-29-54)69(82-45-56-32-16-5-17-33-56)71(84-47-58-36-20-7-21-37-58)73(88-52)91-67-62(51-79-42-53-26-10-2-11-27-53)89-74(72(85-48-59-38-22-8-23-39-59)70(67)83-46-57-34-18-6-19-35-57)90-66-61-50-87-77(75(78)86-49-60-40-24-9-25-41-60)64(61)63(76)68(66)81-44-55-30-14-4-15-31-55/h2-41,52,61-74H,42-51H2,1H3/t52-,61+,62-,63+,64-,65-,66-,67-,68-,69+,70+,71-,72-,73+,74-/m1/s1. The van der Waals surface area contributed by atoms with Gasteiger partial charge in [0.05, 0.1) is 71.7 Å². The molecule has 0 spiro atoms. The summed E-state index contributed by atoms with van der Waals surface area (Å²) in [7, 11) is 0. The topological polar surface area (TPSA) is 140 Å². The highest BCUT2D eigenvalue weighted by Crippen LogP contribution is 2.45. The summed E-state index contributed by atoms with van der Waals surface area (Å²) in [6.07, 6.45) is -14.6. The number of hydrogen-bond donors (Lipinski definition) is 0. The fourth-order valence-corrected chi connectivity index (χ4v) is 12.2. The highest BCUT2D eigenvalue weighted by molar-refractivity contribution is 5.67. The quantitative estimate of drug-likeness (QED) is 0.0459. The van der Waals surface area contributed by atoms with E-state index in [0.717, 1.165) is 49.6 Å². The molecule has 15 atom stereocenters. The van der Waals surface area contributed by atoms with E-state index in [9.17, 15) is 4.79 Å². The minimum atomic E-state index is -1.81. The van der Waals surface area contributed by atoms with Gasteiger partial charge in [-0.25, -0.2) is 9.18 Å². The Kier molecular flexibility index (Phi) is 22.5. The molecule has 8 aromatic rings. The van der Waals surface area contributed by atoms with Crippen LogP contribution in [0.25, 0.3) is 0 Å². The second kappa shape index (κ2) is 32.2. The lowest BCUT2D eigenvalue weighted by molar-refractivity contribution is -0.380. The highest BCUT2D eigenvalue weighted by atomic mass is 19.1. The first-order chi connectivity index (χ1) is 44.9.